The maximum Gasteiger partial charge on any atom is 0.116 e. The molecule has 1 saturated heterocycles. The molecule has 1 aliphatic heterocycles. The Morgan fingerprint density at radius 3 is 2.47 bits per heavy atom. The summed E-state index contributed by atoms with van der Waals surface area (Å²) >= 11 is 0. The highest BCUT2D eigenvalue weighted by Gasteiger charge is 2.28. The minimum atomic E-state index is -0.398. The number of hydrogen-bond donors (Lipinski definition) is 1. The molecule has 1 fully saturated rings. The zero-order chi connectivity index (χ0) is 14.3. The van der Waals surface area contributed by atoms with Crippen LogP contribution in [0.5, 0.6) is 0 Å². The van der Waals surface area contributed by atoms with Gasteiger partial charge in [0, 0.05) is 13.1 Å². The quantitative estimate of drug-likeness (QED) is 0.759. The van der Waals surface area contributed by atoms with Crippen molar-refractivity contribution >= 4 is 0 Å². The van der Waals surface area contributed by atoms with Gasteiger partial charge >= 0.3 is 0 Å². The predicted octanol–water partition coefficient (Wildman–Crippen LogP) is 1.54. The van der Waals surface area contributed by atoms with Crippen molar-refractivity contribution < 1.29 is 0 Å². The third kappa shape index (κ3) is 5.90. The minimum absolute atomic E-state index is 0.398. The SMILES string of the molecule is CCCNC(C)(C#N)CN1CCC(CN(C)C)CC1. The first-order valence-corrected chi connectivity index (χ1v) is 7.52. The molecule has 19 heavy (non-hydrogen) atoms. The Hall–Kier alpha value is -0.630. The lowest BCUT2D eigenvalue weighted by molar-refractivity contribution is 0.140. The average Bonchev–Trinajstić information content (AvgIpc) is 2.38. The van der Waals surface area contributed by atoms with E-state index in [9.17, 15) is 5.26 Å². The molecule has 1 N–H and O–H groups in total. The highest BCUT2D eigenvalue weighted by atomic mass is 15.2. The Labute approximate surface area is 118 Å². The van der Waals surface area contributed by atoms with Crippen molar-refractivity contribution in [3.8, 4) is 6.07 Å². The number of likely N-dealkylation sites (tertiary alicyclic amines) is 1. The van der Waals surface area contributed by atoms with Gasteiger partial charge in [-0.1, -0.05) is 6.92 Å². The molecular formula is C15H30N4. The Bertz CT molecular complexity index is 289. The second kappa shape index (κ2) is 7.84. The van der Waals surface area contributed by atoms with Gasteiger partial charge in [0.15, 0.2) is 0 Å². The topological polar surface area (TPSA) is 42.3 Å². The molecule has 110 valence electrons. The van der Waals surface area contributed by atoms with Gasteiger partial charge in [0.05, 0.1) is 6.07 Å². The maximum atomic E-state index is 9.37. The molecule has 0 aromatic carbocycles. The lowest BCUT2D eigenvalue weighted by Crippen LogP contribution is -2.52. The van der Waals surface area contributed by atoms with Crippen LogP contribution in [-0.2, 0) is 0 Å². The molecule has 0 aliphatic carbocycles. The molecule has 4 nitrogen and oxygen atoms in total. The van der Waals surface area contributed by atoms with E-state index in [2.05, 4.69) is 42.2 Å². The number of nitrogens with zero attached hydrogens (tertiary/aromatic N) is 3. The molecule has 0 spiro atoms. The molecule has 1 rings (SSSR count). The van der Waals surface area contributed by atoms with E-state index in [1.807, 2.05) is 6.92 Å². The van der Waals surface area contributed by atoms with E-state index in [0.29, 0.717) is 0 Å². The molecule has 0 aromatic rings. The van der Waals surface area contributed by atoms with Gasteiger partial charge < -0.3 is 9.80 Å². The molecule has 1 aliphatic rings. The number of nitriles is 1. The molecule has 0 bridgehead atoms. The Morgan fingerprint density at radius 1 is 1.37 bits per heavy atom. The van der Waals surface area contributed by atoms with Crippen molar-refractivity contribution in [1.82, 2.24) is 15.1 Å². The second-order valence-electron chi connectivity index (χ2n) is 6.35. The molecule has 1 heterocycles. The molecule has 0 aromatic heterocycles. The average molecular weight is 266 g/mol. The van der Waals surface area contributed by atoms with Gasteiger partial charge in [-0.2, -0.15) is 5.26 Å². The summed E-state index contributed by atoms with van der Waals surface area (Å²) in [5.74, 6) is 0.822. The summed E-state index contributed by atoms with van der Waals surface area (Å²) in [6, 6.07) is 2.44. The van der Waals surface area contributed by atoms with Crippen molar-refractivity contribution in [2.75, 3.05) is 46.8 Å². The summed E-state index contributed by atoms with van der Waals surface area (Å²) in [5.41, 5.74) is -0.398. The van der Waals surface area contributed by atoms with Crippen molar-refractivity contribution in [3.63, 3.8) is 0 Å². The van der Waals surface area contributed by atoms with E-state index < -0.39 is 5.54 Å². The Kier molecular flexibility index (Phi) is 6.78. The molecule has 0 amide bonds. The van der Waals surface area contributed by atoms with E-state index in [4.69, 9.17) is 0 Å². The first-order valence-electron chi connectivity index (χ1n) is 7.52. The normalized spacial score (nSPS) is 21.3. The van der Waals surface area contributed by atoms with Crippen LogP contribution >= 0.6 is 0 Å². The lowest BCUT2D eigenvalue weighted by Gasteiger charge is -2.37. The van der Waals surface area contributed by atoms with E-state index in [0.717, 1.165) is 38.5 Å². The fourth-order valence-electron chi connectivity index (χ4n) is 2.82. The van der Waals surface area contributed by atoms with Crippen LogP contribution in [0.4, 0.5) is 0 Å². The van der Waals surface area contributed by atoms with Crippen LogP contribution in [0.25, 0.3) is 0 Å². The fourth-order valence-corrected chi connectivity index (χ4v) is 2.82. The van der Waals surface area contributed by atoms with Gasteiger partial charge in [0.1, 0.15) is 5.54 Å². The standard InChI is InChI=1S/C15H30N4/c1-5-8-17-15(2,12-16)13-19-9-6-14(7-10-19)11-18(3)4/h14,17H,5-11,13H2,1-4H3. The predicted molar refractivity (Wildman–Crippen MR) is 80.0 cm³/mol. The summed E-state index contributed by atoms with van der Waals surface area (Å²) in [6.07, 6.45) is 3.59. The molecule has 1 unspecified atom stereocenters. The van der Waals surface area contributed by atoms with Crippen molar-refractivity contribution in [2.45, 2.75) is 38.6 Å². The number of hydrogen-bond acceptors (Lipinski definition) is 4. The molecule has 0 radical (unpaired) electrons. The van der Waals surface area contributed by atoms with Gasteiger partial charge in [-0.05, 0) is 65.8 Å². The molecular weight excluding hydrogens is 236 g/mol. The van der Waals surface area contributed by atoms with Crippen LogP contribution in [0.2, 0.25) is 0 Å². The monoisotopic (exact) mass is 266 g/mol. The lowest BCUT2D eigenvalue weighted by atomic mass is 9.94. The van der Waals surface area contributed by atoms with E-state index in [1.165, 1.54) is 19.4 Å². The van der Waals surface area contributed by atoms with Gasteiger partial charge in [0.25, 0.3) is 0 Å². The van der Waals surface area contributed by atoms with Crippen LogP contribution < -0.4 is 5.32 Å². The van der Waals surface area contributed by atoms with Crippen molar-refractivity contribution in [3.05, 3.63) is 0 Å². The fraction of sp³-hybridized carbons (Fsp3) is 0.933. The van der Waals surface area contributed by atoms with E-state index in [-0.39, 0.29) is 0 Å². The van der Waals surface area contributed by atoms with Crippen LogP contribution in [0.3, 0.4) is 0 Å². The van der Waals surface area contributed by atoms with Gasteiger partial charge in [-0.15, -0.1) is 0 Å². The molecule has 0 saturated carbocycles. The zero-order valence-electron chi connectivity index (χ0n) is 13.1. The van der Waals surface area contributed by atoms with Crippen LogP contribution in [0, 0.1) is 17.2 Å². The van der Waals surface area contributed by atoms with E-state index in [1.54, 1.807) is 0 Å². The summed E-state index contributed by atoms with van der Waals surface area (Å²) in [5, 5.41) is 12.7. The first-order chi connectivity index (χ1) is 8.99. The summed E-state index contributed by atoms with van der Waals surface area (Å²) < 4.78 is 0. The number of piperidine rings is 1. The highest BCUT2D eigenvalue weighted by molar-refractivity contribution is 5.06. The number of nitrogens with one attached hydrogen (secondary N) is 1. The number of rotatable bonds is 7. The largest absolute Gasteiger partial charge is 0.309 e. The third-order valence-electron chi connectivity index (χ3n) is 3.88. The van der Waals surface area contributed by atoms with Crippen molar-refractivity contribution in [2.24, 2.45) is 5.92 Å². The Balaban J connectivity index is 2.37. The van der Waals surface area contributed by atoms with Crippen LogP contribution in [-0.4, -0.2) is 62.2 Å². The summed E-state index contributed by atoms with van der Waals surface area (Å²) in [4.78, 5) is 4.72. The van der Waals surface area contributed by atoms with Gasteiger partial charge in [-0.25, -0.2) is 0 Å². The smallest absolute Gasteiger partial charge is 0.116 e. The van der Waals surface area contributed by atoms with Crippen LogP contribution in [0.1, 0.15) is 33.1 Å². The zero-order valence-corrected chi connectivity index (χ0v) is 13.1. The van der Waals surface area contributed by atoms with E-state index >= 15 is 0 Å². The molecule has 4 heteroatoms. The molecule has 1 atom stereocenters. The second-order valence-corrected chi connectivity index (χ2v) is 6.35. The summed E-state index contributed by atoms with van der Waals surface area (Å²) in [7, 11) is 4.29. The van der Waals surface area contributed by atoms with Crippen molar-refractivity contribution in [1.29, 1.82) is 5.26 Å². The highest BCUT2D eigenvalue weighted by Crippen LogP contribution is 2.19. The van der Waals surface area contributed by atoms with Gasteiger partial charge in [-0.3, -0.25) is 5.32 Å². The Morgan fingerprint density at radius 2 is 2.00 bits per heavy atom. The first kappa shape index (κ1) is 16.4. The minimum Gasteiger partial charge on any atom is -0.309 e. The maximum absolute atomic E-state index is 9.37. The summed E-state index contributed by atoms with van der Waals surface area (Å²) in [6.45, 7) is 9.37. The third-order valence-corrected chi connectivity index (χ3v) is 3.88. The van der Waals surface area contributed by atoms with Crippen LogP contribution in [0.15, 0.2) is 0 Å². The van der Waals surface area contributed by atoms with Gasteiger partial charge in [0.2, 0.25) is 0 Å².